The first kappa shape index (κ1) is 26.2. The van der Waals surface area contributed by atoms with Crippen LogP contribution >= 0.6 is 0 Å². The smallest absolute Gasteiger partial charge is 0.222 e. The summed E-state index contributed by atoms with van der Waals surface area (Å²) in [7, 11) is 5.79. The highest BCUT2D eigenvalue weighted by molar-refractivity contribution is 5.76. The zero-order valence-electron chi connectivity index (χ0n) is 20.2. The maximum Gasteiger partial charge on any atom is 0.222 e. The number of hydrogen-bond acceptors (Lipinski definition) is 7. The van der Waals surface area contributed by atoms with Crippen molar-refractivity contribution in [1.29, 1.82) is 0 Å². The highest BCUT2D eigenvalue weighted by Gasteiger charge is 2.29. The maximum atomic E-state index is 12.9. The number of aliphatic hydroxyl groups is 1. The molecule has 0 bridgehead atoms. The highest BCUT2D eigenvalue weighted by Crippen LogP contribution is 2.18. The van der Waals surface area contributed by atoms with Crippen molar-refractivity contribution in [2.24, 2.45) is 5.92 Å². The molecule has 2 heterocycles. The molecule has 1 aliphatic heterocycles. The van der Waals surface area contributed by atoms with E-state index in [0.717, 1.165) is 18.7 Å². The van der Waals surface area contributed by atoms with Crippen LogP contribution in [0.4, 0.5) is 0 Å². The van der Waals surface area contributed by atoms with E-state index in [1.165, 1.54) is 0 Å². The first-order chi connectivity index (χ1) is 15.2. The van der Waals surface area contributed by atoms with Gasteiger partial charge in [-0.15, -0.1) is 5.10 Å². The Morgan fingerprint density at radius 1 is 1.38 bits per heavy atom. The molecule has 3 atom stereocenters. The van der Waals surface area contributed by atoms with E-state index in [9.17, 15) is 14.7 Å². The molecule has 0 aliphatic carbocycles. The third kappa shape index (κ3) is 7.83. The molecule has 1 aromatic rings. The third-order valence-corrected chi connectivity index (χ3v) is 6.02. The molecule has 10 nitrogen and oxygen atoms in total. The van der Waals surface area contributed by atoms with Gasteiger partial charge in [0.25, 0.3) is 0 Å². The van der Waals surface area contributed by atoms with E-state index in [4.69, 9.17) is 4.74 Å². The first-order valence-corrected chi connectivity index (χ1v) is 11.5. The number of nitrogens with zero attached hydrogens (tertiary/aromatic N) is 6. The van der Waals surface area contributed by atoms with Gasteiger partial charge in [-0.1, -0.05) is 12.1 Å². The molecule has 32 heavy (non-hydrogen) atoms. The minimum atomic E-state index is -0.277. The Kier molecular flexibility index (Phi) is 10.5. The molecule has 2 rings (SSSR count). The van der Waals surface area contributed by atoms with Gasteiger partial charge in [0.15, 0.2) is 0 Å². The Balaban J connectivity index is 2.15. The van der Waals surface area contributed by atoms with Crippen molar-refractivity contribution < 1.29 is 19.4 Å². The molecule has 0 saturated carbocycles. The summed E-state index contributed by atoms with van der Waals surface area (Å²) in [6, 6.07) is -0.277. The molecule has 0 spiro atoms. The fourth-order valence-electron chi connectivity index (χ4n) is 3.86. The second kappa shape index (κ2) is 12.9. The number of ether oxygens (including phenoxy) is 1. The van der Waals surface area contributed by atoms with Crippen LogP contribution in [0.15, 0.2) is 6.20 Å². The van der Waals surface area contributed by atoms with Gasteiger partial charge in [-0.3, -0.25) is 9.59 Å². The van der Waals surface area contributed by atoms with Gasteiger partial charge < -0.3 is 24.5 Å². The van der Waals surface area contributed by atoms with Crippen LogP contribution in [0.3, 0.4) is 0 Å². The lowest BCUT2D eigenvalue weighted by Crippen LogP contribution is -2.48. The van der Waals surface area contributed by atoms with Gasteiger partial charge in [0.1, 0.15) is 0 Å². The number of fused-ring (bicyclic) bond motifs is 1. The zero-order chi connectivity index (χ0) is 23.7. The number of carbonyl (C=O) groups is 2. The first-order valence-electron chi connectivity index (χ1n) is 11.5. The van der Waals surface area contributed by atoms with Crippen LogP contribution in [-0.2, 0) is 27.5 Å². The van der Waals surface area contributed by atoms with Crippen molar-refractivity contribution in [2.75, 3.05) is 47.4 Å². The lowest BCUT2D eigenvalue weighted by atomic mass is 10.0. The van der Waals surface area contributed by atoms with E-state index in [-0.39, 0.29) is 36.5 Å². The Morgan fingerprint density at radius 3 is 2.81 bits per heavy atom. The van der Waals surface area contributed by atoms with Crippen LogP contribution in [0.1, 0.15) is 45.2 Å². The van der Waals surface area contributed by atoms with Crippen LogP contribution in [0.2, 0.25) is 0 Å². The second-order valence-electron chi connectivity index (χ2n) is 9.14. The summed E-state index contributed by atoms with van der Waals surface area (Å²) in [6.07, 6.45) is 3.72. The molecule has 0 aromatic carbocycles. The van der Waals surface area contributed by atoms with E-state index in [2.05, 4.69) is 15.2 Å². The summed E-state index contributed by atoms with van der Waals surface area (Å²) in [5.41, 5.74) is 0.857. The summed E-state index contributed by atoms with van der Waals surface area (Å²) in [6.45, 7) is 6.46. The molecular formula is C22H40N6O4. The van der Waals surface area contributed by atoms with E-state index >= 15 is 0 Å². The summed E-state index contributed by atoms with van der Waals surface area (Å²) < 4.78 is 8.04. The third-order valence-electron chi connectivity index (χ3n) is 6.02. The Hall–Kier alpha value is -2.04. The number of aromatic nitrogens is 3. The van der Waals surface area contributed by atoms with Crippen LogP contribution in [0.25, 0.3) is 0 Å². The largest absolute Gasteiger partial charge is 0.394 e. The summed E-state index contributed by atoms with van der Waals surface area (Å²) in [4.78, 5) is 31.1. The fraction of sp³-hybridized carbons (Fsp3) is 0.818. The maximum absolute atomic E-state index is 12.9. The lowest BCUT2D eigenvalue weighted by Gasteiger charge is -2.35. The number of carbonyl (C=O) groups excluding carboxylic acids is 2. The van der Waals surface area contributed by atoms with Gasteiger partial charge in [0.05, 0.1) is 37.3 Å². The number of rotatable bonds is 8. The molecule has 2 amide bonds. The molecule has 1 aliphatic rings. The predicted molar refractivity (Wildman–Crippen MR) is 121 cm³/mol. The number of likely N-dealkylation sites (N-methyl/N-ethyl adjacent to an activating group) is 1. The number of aryl methyl sites for hydroxylation is 1. The van der Waals surface area contributed by atoms with Crippen molar-refractivity contribution >= 4 is 11.8 Å². The zero-order valence-corrected chi connectivity index (χ0v) is 20.2. The van der Waals surface area contributed by atoms with Gasteiger partial charge >= 0.3 is 0 Å². The minimum Gasteiger partial charge on any atom is -0.394 e. The van der Waals surface area contributed by atoms with E-state index in [0.29, 0.717) is 45.5 Å². The summed E-state index contributed by atoms with van der Waals surface area (Å²) >= 11 is 0. The highest BCUT2D eigenvalue weighted by atomic mass is 16.5. The van der Waals surface area contributed by atoms with Crippen molar-refractivity contribution in [1.82, 2.24) is 29.7 Å². The molecule has 0 unspecified atom stereocenters. The normalized spacial score (nSPS) is 21.6. The van der Waals surface area contributed by atoms with Crippen LogP contribution in [0, 0.1) is 5.92 Å². The van der Waals surface area contributed by atoms with Crippen molar-refractivity contribution in [3.8, 4) is 0 Å². The SMILES string of the molecule is C[C@@H]1CN([C@@H](C)CO)C(=O)CCCn2nncc2CO[C@H]1CN(C)C(=O)CCCN(C)C. The summed E-state index contributed by atoms with van der Waals surface area (Å²) in [5, 5.41) is 17.8. The molecule has 1 aromatic heterocycles. The average Bonchev–Trinajstić information content (AvgIpc) is 3.19. The minimum absolute atomic E-state index is 0.00695. The molecule has 0 fully saturated rings. The molecule has 0 saturated heterocycles. The Morgan fingerprint density at radius 2 is 2.12 bits per heavy atom. The molecule has 0 radical (unpaired) electrons. The Labute approximate surface area is 191 Å². The average molecular weight is 453 g/mol. The van der Waals surface area contributed by atoms with E-state index in [1.807, 2.05) is 27.9 Å². The van der Waals surface area contributed by atoms with Crippen molar-refractivity contribution in [2.45, 2.75) is 64.8 Å². The van der Waals surface area contributed by atoms with Crippen LogP contribution in [-0.4, -0.2) is 106 Å². The van der Waals surface area contributed by atoms with Crippen molar-refractivity contribution in [3.05, 3.63) is 11.9 Å². The number of hydrogen-bond donors (Lipinski definition) is 1. The predicted octanol–water partition coefficient (Wildman–Crippen LogP) is 0.603. The van der Waals surface area contributed by atoms with Crippen molar-refractivity contribution in [3.63, 3.8) is 0 Å². The number of amides is 2. The summed E-state index contributed by atoms with van der Waals surface area (Å²) in [5.74, 6) is 0.0540. The monoisotopic (exact) mass is 452 g/mol. The standard InChI is InChI=1S/C22H40N6O4/c1-17-13-27(18(2)15-29)22(31)9-7-11-28-19(12-23-24-28)16-32-20(17)14-26(5)21(30)8-6-10-25(3)4/h12,17-18,20,29H,6-11,13-16H2,1-5H3/t17-,18+,20+/m1/s1. The van der Waals surface area contributed by atoms with Gasteiger partial charge in [-0.05, 0) is 40.4 Å². The molecular weight excluding hydrogens is 412 g/mol. The topological polar surface area (TPSA) is 104 Å². The van der Waals surface area contributed by atoms with Gasteiger partial charge in [0.2, 0.25) is 11.8 Å². The van der Waals surface area contributed by atoms with Crippen LogP contribution in [0.5, 0.6) is 0 Å². The van der Waals surface area contributed by atoms with Gasteiger partial charge in [0, 0.05) is 45.4 Å². The fourth-order valence-corrected chi connectivity index (χ4v) is 3.86. The second-order valence-corrected chi connectivity index (χ2v) is 9.14. The van der Waals surface area contributed by atoms with E-state index < -0.39 is 0 Å². The van der Waals surface area contributed by atoms with Crippen LogP contribution < -0.4 is 0 Å². The quantitative estimate of drug-likeness (QED) is 0.616. The molecule has 1 N–H and O–H groups in total. The van der Waals surface area contributed by atoms with E-state index in [1.54, 1.807) is 27.7 Å². The van der Waals surface area contributed by atoms with Gasteiger partial charge in [-0.2, -0.15) is 0 Å². The van der Waals surface area contributed by atoms with Gasteiger partial charge in [-0.25, -0.2) is 4.68 Å². The molecule has 10 heteroatoms. The Bertz CT molecular complexity index is 725. The lowest BCUT2D eigenvalue weighted by molar-refractivity contribution is -0.138. The number of aliphatic hydroxyl groups excluding tert-OH is 1. The molecule has 182 valence electrons.